The Kier molecular flexibility index (Phi) is 3.74. The number of fused-ring (bicyclic) bond motifs is 2. The standard InChI is InChI=1S/C17H16N2O5/c20-17(19-12-2-4-14-16(8-12)24-10-22-14)5-6-18-11-1-3-13-15(7-11)23-9-21-13/h1-4,7-8,18H,5-6,9-10H2,(H,19,20). The second-order valence-corrected chi connectivity index (χ2v) is 5.36. The van der Waals surface area contributed by atoms with Crippen LogP contribution in [0.4, 0.5) is 11.4 Å². The number of nitrogens with one attached hydrogen (secondary N) is 2. The van der Waals surface area contributed by atoms with E-state index in [9.17, 15) is 4.79 Å². The summed E-state index contributed by atoms with van der Waals surface area (Å²) in [4.78, 5) is 12.0. The van der Waals surface area contributed by atoms with Crippen LogP contribution in [0, 0.1) is 0 Å². The van der Waals surface area contributed by atoms with Gasteiger partial charge in [0.25, 0.3) is 0 Å². The van der Waals surface area contributed by atoms with Crippen molar-refractivity contribution >= 4 is 17.3 Å². The lowest BCUT2D eigenvalue weighted by atomic mass is 10.2. The second kappa shape index (κ2) is 6.19. The van der Waals surface area contributed by atoms with E-state index in [4.69, 9.17) is 18.9 Å². The summed E-state index contributed by atoms with van der Waals surface area (Å²) in [6, 6.07) is 10.9. The van der Waals surface area contributed by atoms with Crippen LogP contribution < -0.4 is 29.6 Å². The molecule has 0 bridgehead atoms. The Labute approximate surface area is 138 Å². The summed E-state index contributed by atoms with van der Waals surface area (Å²) in [5.41, 5.74) is 1.57. The van der Waals surface area contributed by atoms with Crippen molar-refractivity contribution in [2.75, 3.05) is 30.8 Å². The van der Waals surface area contributed by atoms with Gasteiger partial charge in [0.05, 0.1) is 0 Å². The molecule has 0 aliphatic carbocycles. The van der Waals surface area contributed by atoms with E-state index in [1.165, 1.54) is 0 Å². The molecule has 24 heavy (non-hydrogen) atoms. The molecule has 2 aliphatic rings. The Morgan fingerprint density at radius 2 is 1.42 bits per heavy atom. The predicted octanol–water partition coefficient (Wildman–Crippen LogP) is 2.58. The first-order valence-electron chi connectivity index (χ1n) is 7.61. The number of hydrogen-bond acceptors (Lipinski definition) is 6. The van der Waals surface area contributed by atoms with Gasteiger partial charge < -0.3 is 29.6 Å². The van der Waals surface area contributed by atoms with Crippen molar-refractivity contribution < 1.29 is 23.7 Å². The number of hydrogen-bond donors (Lipinski definition) is 2. The molecular formula is C17H16N2O5. The van der Waals surface area contributed by atoms with E-state index in [1.807, 2.05) is 18.2 Å². The van der Waals surface area contributed by atoms with Crippen molar-refractivity contribution in [3.63, 3.8) is 0 Å². The first kappa shape index (κ1) is 14.5. The minimum Gasteiger partial charge on any atom is -0.454 e. The molecule has 7 heteroatoms. The molecule has 0 atom stereocenters. The largest absolute Gasteiger partial charge is 0.454 e. The molecule has 0 fully saturated rings. The van der Waals surface area contributed by atoms with E-state index >= 15 is 0 Å². The first-order chi connectivity index (χ1) is 11.8. The molecule has 124 valence electrons. The molecule has 2 heterocycles. The number of amides is 1. The fourth-order valence-corrected chi connectivity index (χ4v) is 2.52. The van der Waals surface area contributed by atoms with Crippen LogP contribution in [-0.2, 0) is 4.79 Å². The van der Waals surface area contributed by atoms with Crippen LogP contribution in [0.25, 0.3) is 0 Å². The summed E-state index contributed by atoms with van der Waals surface area (Å²) in [5, 5.41) is 6.03. The van der Waals surface area contributed by atoms with Gasteiger partial charge >= 0.3 is 0 Å². The minimum atomic E-state index is -0.0814. The lowest BCUT2D eigenvalue weighted by molar-refractivity contribution is -0.115. The van der Waals surface area contributed by atoms with Gasteiger partial charge in [-0.15, -0.1) is 0 Å². The molecule has 2 aliphatic heterocycles. The highest BCUT2D eigenvalue weighted by atomic mass is 16.7. The maximum atomic E-state index is 12.0. The van der Waals surface area contributed by atoms with Gasteiger partial charge in [-0.05, 0) is 24.3 Å². The van der Waals surface area contributed by atoms with Gasteiger partial charge in [-0.3, -0.25) is 4.79 Å². The number of carbonyl (C=O) groups is 1. The number of carbonyl (C=O) groups excluding carboxylic acids is 1. The van der Waals surface area contributed by atoms with Crippen LogP contribution in [0.3, 0.4) is 0 Å². The average molecular weight is 328 g/mol. The number of rotatable bonds is 5. The Morgan fingerprint density at radius 3 is 2.12 bits per heavy atom. The van der Waals surface area contributed by atoms with Crippen molar-refractivity contribution in [3.8, 4) is 23.0 Å². The van der Waals surface area contributed by atoms with E-state index in [0.29, 0.717) is 35.9 Å². The highest BCUT2D eigenvalue weighted by Crippen LogP contribution is 2.35. The van der Waals surface area contributed by atoms with E-state index in [1.54, 1.807) is 18.2 Å². The third-order valence-corrected chi connectivity index (χ3v) is 3.71. The fourth-order valence-electron chi connectivity index (χ4n) is 2.52. The molecule has 2 aromatic carbocycles. The van der Waals surface area contributed by atoms with Crippen LogP contribution in [0.5, 0.6) is 23.0 Å². The van der Waals surface area contributed by atoms with Gasteiger partial charge in [-0.25, -0.2) is 0 Å². The molecule has 0 unspecified atom stereocenters. The average Bonchev–Trinajstić information content (AvgIpc) is 3.22. The summed E-state index contributed by atoms with van der Waals surface area (Å²) in [6.45, 7) is 0.971. The third-order valence-electron chi connectivity index (χ3n) is 3.71. The molecule has 4 rings (SSSR count). The number of ether oxygens (including phenoxy) is 4. The van der Waals surface area contributed by atoms with Crippen LogP contribution in [-0.4, -0.2) is 26.0 Å². The quantitative estimate of drug-likeness (QED) is 0.878. The molecule has 2 N–H and O–H groups in total. The summed E-state index contributed by atoms with van der Waals surface area (Å²) >= 11 is 0. The Hall–Kier alpha value is -3.09. The van der Waals surface area contributed by atoms with Crippen LogP contribution in [0.1, 0.15) is 6.42 Å². The van der Waals surface area contributed by atoms with Gasteiger partial charge in [0.1, 0.15) is 0 Å². The topological polar surface area (TPSA) is 78.1 Å². The zero-order chi connectivity index (χ0) is 16.4. The van der Waals surface area contributed by atoms with E-state index in [2.05, 4.69) is 10.6 Å². The number of benzene rings is 2. The van der Waals surface area contributed by atoms with Crippen LogP contribution in [0.15, 0.2) is 36.4 Å². The second-order valence-electron chi connectivity index (χ2n) is 5.36. The van der Waals surface area contributed by atoms with Crippen LogP contribution in [0.2, 0.25) is 0 Å². The highest BCUT2D eigenvalue weighted by Gasteiger charge is 2.15. The molecular weight excluding hydrogens is 312 g/mol. The first-order valence-corrected chi connectivity index (χ1v) is 7.61. The fraction of sp³-hybridized carbons (Fsp3) is 0.235. The molecule has 0 aromatic heterocycles. The van der Waals surface area contributed by atoms with Crippen molar-refractivity contribution in [2.24, 2.45) is 0 Å². The molecule has 0 radical (unpaired) electrons. The van der Waals surface area contributed by atoms with Gasteiger partial charge in [0.2, 0.25) is 19.5 Å². The van der Waals surface area contributed by atoms with E-state index < -0.39 is 0 Å². The SMILES string of the molecule is O=C(CCNc1ccc2c(c1)OCO2)Nc1ccc2c(c1)OCO2. The Bertz CT molecular complexity index is 778. The molecule has 2 aromatic rings. The summed E-state index contributed by atoms with van der Waals surface area (Å²) in [6.07, 6.45) is 0.336. The lowest BCUT2D eigenvalue weighted by Gasteiger charge is -2.08. The third kappa shape index (κ3) is 3.01. The Morgan fingerprint density at radius 1 is 0.833 bits per heavy atom. The zero-order valence-electron chi connectivity index (χ0n) is 12.8. The molecule has 1 amide bonds. The highest BCUT2D eigenvalue weighted by molar-refractivity contribution is 5.91. The molecule has 0 saturated heterocycles. The van der Waals surface area contributed by atoms with Gasteiger partial charge in [-0.2, -0.15) is 0 Å². The van der Waals surface area contributed by atoms with Crippen molar-refractivity contribution in [1.82, 2.24) is 0 Å². The van der Waals surface area contributed by atoms with Crippen molar-refractivity contribution in [1.29, 1.82) is 0 Å². The normalized spacial score (nSPS) is 13.7. The number of anilines is 2. The zero-order valence-corrected chi connectivity index (χ0v) is 12.8. The molecule has 0 saturated carbocycles. The van der Waals surface area contributed by atoms with Crippen LogP contribution >= 0.6 is 0 Å². The van der Waals surface area contributed by atoms with Crippen molar-refractivity contribution in [3.05, 3.63) is 36.4 Å². The minimum absolute atomic E-state index is 0.0814. The Balaban J connectivity index is 1.27. The van der Waals surface area contributed by atoms with Gasteiger partial charge in [0.15, 0.2) is 23.0 Å². The lowest BCUT2D eigenvalue weighted by Crippen LogP contribution is -2.16. The maximum absolute atomic E-state index is 12.0. The van der Waals surface area contributed by atoms with Crippen molar-refractivity contribution in [2.45, 2.75) is 6.42 Å². The van der Waals surface area contributed by atoms with Gasteiger partial charge in [0, 0.05) is 36.5 Å². The summed E-state index contributed by atoms with van der Waals surface area (Å²) in [5.74, 6) is 2.71. The van der Waals surface area contributed by atoms with E-state index in [0.717, 1.165) is 11.4 Å². The maximum Gasteiger partial charge on any atom is 0.231 e. The summed E-state index contributed by atoms with van der Waals surface area (Å²) < 4.78 is 21.1. The molecule has 7 nitrogen and oxygen atoms in total. The van der Waals surface area contributed by atoms with Gasteiger partial charge in [-0.1, -0.05) is 0 Å². The van der Waals surface area contributed by atoms with E-state index in [-0.39, 0.29) is 19.5 Å². The smallest absolute Gasteiger partial charge is 0.231 e. The molecule has 0 spiro atoms. The summed E-state index contributed by atoms with van der Waals surface area (Å²) in [7, 11) is 0. The monoisotopic (exact) mass is 328 g/mol. The predicted molar refractivity (Wildman–Crippen MR) is 86.9 cm³/mol.